The third kappa shape index (κ3) is 2.72. The van der Waals surface area contributed by atoms with E-state index >= 15 is 0 Å². The van der Waals surface area contributed by atoms with Crippen LogP contribution in [0.3, 0.4) is 0 Å². The van der Waals surface area contributed by atoms with Gasteiger partial charge in [-0.25, -0.2) is 4.58 Å². The van der Waals surface area contributed by atoms with Crippen molar-refractivity contribution >= 4 is 28.8 Å². The van der Waals surface area contributed by atoms with Crippen molar-refractivity contribution in [3.63, 3.8) is 0 Å². The zero-order valence-corrected chi connectivity index (χ0v) is 14.3. The number of nitrogens with one attached hydrogen (secondary N) is 1. The molecular weight excluding hydrogens is 312 g/mol. The quantitative estimate of drug-likeness (QED) is 0.512. The van der Waals surface area contributed by atoms with Crippen LogP contribution < -0.4 is 10.2 Å². The Morgan fingerprint density at radius 3 is 2.61 bits per heavy atom. The van der Waals surface area contributed by atoms with Crippen LogP contribution in [0.5, 0.6) is 0 Å². The fraction of sp³-hybridized carbons (Fsp3) is 0.312. The molecule has 1 heterocycles. The minimum atomic E-state index is -0.835. The van der Waals surface area contributed by atoms with E-state index in [-0.39, 0.29) is 4.92 Å². The van der Waals surface area contributed by atoms with Crippen molar-refractivity contribution in [3.05, 3.63) is 51.1 Å². The Kier molecular flexibility index (Phi) is 3.89. The van der Waals surface area contributed by atoms with Gasteiger partial charge in [0, 0.05) is 35.7 Å². The van der Waals surface area contributed by atoms with Gasteiger partial charge in [0.2, 0.25) is 0 Å². The molecule has 0 bridgehead atoms. The van der Waals surface area contributed by atoms with Gasteiger partial charge in [0.1, 0.15) is 14.1 Å². The Morgan fingerprint density at radius 2 is 2.00 bits per heavy atom. The first-order valence-electron chi connectivity index (χ1n) is 7.24. The predicted octanol–water partition coefficient (Wildman–Crippen LogP) is 2.41. The first-order chi connectivity index (χ1) is 10.9. The largest absolute Gasteiger partial charge is 0.378 e. The summed E-state index contributed by atoms with van der Waals surface area (Å²) in [7, 11) is 7.63. The van der Waals surface area contributed by atoms with Crippen LogP contribution in [-0.2, 0) is 0 Å². The Balaban J connectivity index is 2.06. The van der Waals surface area contributed by atoms with Gasteiger partial charge in [0.15, 0.2) is 0 Å². The molecule has 3 rings (SSSR count). The Bertz CT molecular complexity index is 776. The first-order valence-corrected chi connectivity index (χ1v) is 8.06. The summed E-state index contributed by atoms with van der Waals surface area (Å²) in [5.74, 6) is 0. The third-order valence-electron chi connectivity index (χ3n) is 3.91. The van der Waals surface area contributed by atoms with Gasteiger partial charge in [0.25, 0.3) is 5.71 Å². The van der Waals surface area contributed by atoms with Crippen molar-refractivity contribution in [3.8, 4) is 0 Å². The normalized spacial score (nSPS) is 19.0. The molecule has 1 N–H and O–H groups in total. The molecule has 120 valence electrons. The van der Waals surface area contributed by atoms with Gasteiger partial charge in [-0.3, -0.25) is 10.1 Å². The highest BCUT2D eigenvalue weighted by Crippen LogP contribution is 2.44. The summed E-state index contributed by atoms with van der Waals surface area (Å²) >= 11 is 1.48. The van der Waals surface area contributed by atoms with Gasteiger partial charge in [-0.15, -0.1) is 0 Å². The van der Waals surface area contributed by atoms with Crippen LogP contribution in [0.1, 0.15) is 0 Å². The topological polar surface area (TPSA) is 61.4 Å². The van der Waals surface area contributed by atoms with E-state index in [0.29, 0.717) is 5.71 Å². The molecule has 7 heteroatoms. The second-order valence-electron chi connectivity index (χ2n) is 5.92. The molecule has 6 nitrogen and oxygen atoms in total. The number of fused-ring (bicyclic) bond motifs is 1. The summed E-state index contributed by atoms with van der Waals surface area (Å²) in [6.45, 7) is 0. The van der Waals surface area contributed by atoms with Crippen molar-refractivity contribution in [2.45, 2.75) is 10.9 Å². The molecule has 1 atom stereocenters. The van der Waals surface area contributed by atoms with Gasteiger partial charge in [0.05, 0.1) is 16.3 Å². The maximum Gasteiger partial charge on any atom is 0.327 e. The molecule has 1 aromatic carbocycles. The molecule has 23 heavy (non-hydrogen) atoms. The molecule has 1 aliphatic heterocycles. The van der Waals surface area contributed by atoms with Crippen molar-refractivity contribution in [1.82, 2.24) is 0 Å². The lowest BCUT2D eigenvalue weighted by atomic mass is 10.0. The maximum absolute atomic E-state index is 11.7. The van der Waals surface area contributed by atoms with Gasteiger partial charge in [-0.05, 0) is 24.3 Å². The minimum Gasteiger partial charge on any atom is -0.378 e. The van der Waals surface area contributed by atoms with Gasteiger partial charge >= 0.3 is 6.04 Å². The average molecular weight is 331 g/mol. The first kappa shape index (κ1) is 15.6. The lowest BCUT2D eigenvalue weighted by Gasteiger charge is -2.26. The maximum atomic E-state index is 11.7. The smallest absolute Gasteiger partial charge is 0.327 e. The van der Waals surface area contributed by atoms with Crippen molar-refractivity contribution in [1.29, 1.82) is 0 Å². The summed E-state index contributed by atoms with van der Waals surface area (Å²) < 4.78 is 1.81. The van der Waals surface area contributed by atoms with Gasteiger partial charge in [-0.1, -0.05) is 11.8 Å². The number of nitro groups is 1. The van der Waals surface area contributed by atoms with Crippen LogP contribution in [0.4, 0.5) is 11.4 Å². The van der Waals surface area contributed by atoms with E-state index in [9.17, 15) is 10.1 Å². The van der Waals surface area contributed by atoms with Gasteiger partial charge in [-0.2, -0.15) is 0 Å². The predicted molar refractivity (Wildman–Crippen MR) is 94.3 cm³/mol. The number of rotatable bonds is 2. The van der Waals surface area contributed by atoms with E-state index in [1.54, 1.807) is 4.58 Å². The zero-order valence-electron chi connectivity index (χ0n) is 13.5. The molecule has 0 fully saturated rings. The summed E-state index contributed by atoms with van der Waals surface area (Å²) in [6, 6.07) is 5.27. The number of anilines is 2. The highest BCUT2D eigenvalue weighted by atomic mass is 32.2. The SMILES string of the molecule is CN(C)c1ccc2c(c1)SC1=C(C=CC(=[N+](C)C)C1[N+](=O)[O-])N2. The summed E-state index contributed by atoms with van der Waals surface area (Å²) in [5, 5.41) is 15.0. The average Bonchev–Trinajstić information content (AvgIpc) is 2.50. The molecule has 0 spiro atoms. The van der Waals surface area contributed by atoms with Crippen LogP contribution >= 0.6 is 11.8 Å². The molecule has 1 aliphatic carbocycles. The molecule has 1 aromatic rings. The summed E-state index contributed by atoms with van der Waals surface area (Å²) in [4.78, 5) is 15.2. The summed E-state index contributed by atoms with van der Waals surface area (Å²) in [5.41, 5.74) is 3.56. The molecule has 0 amide bonds. The highest BCUT2D eigenvalue weighted by Gasteiger charge is 2.42. The lowest BCUT2D eigenvalue weighted by molar-refractivity contribution is -0.518. The third-order valence-corrected chi connectivity index (χ3v) is 5.13. The fourth-order valence-electron chi connectivity index (χ4n) is 2.68. The number of allylic oxidation sites excluding steroid dienone is 1. The number of hydrogen-bond acceptors (Lipinski definition) is 5. The minimum absolute atomic E-state index is 0.219. The number of thioether (sulfide) groups is 1. The van der Waals surface area contributed by atoms with E-state index in [2.05, 4.69) is 11.4 Å². The van der Waals surface area contributed by atoms with Crippen molar-refractivity contribution < 1.29 is 9.50 Å². The van der Waals surface area contributed by atoms with Crippen molar-refractivity contribution in [2.24, 2.45) is 0 Å². The Labute approximate surface area is 139 Å². The number of nitrogens with zero attached hydrogens (tertiary/aromatic N) is 3. The Morgan fingerprint density at radius 1 is 1.26 bits per heavy atom. The molecule has 0 saturated carbocycles. The summed E-state index contributed by atoms with van der Waals surface area (Å²) in [6.07, 6.45) is 3.74. The molecule has 0 radical (unpaired) electrons. The van der Waals surface area contributed by atoms with E-state index in [1.165, 1.54) is 11.8 Å². The van der Waals surface area contributed by atoms with Crippen LogP contribution in [0, 0.1) is 10.1 Å². The van der Waals surface area contributed by atoms with Crippen LogP contribution in [0.15, 0.2) is 45.8 Å². The molecular formula is C16H19N4O2S+. The number of hydrogen-bond donors (Lipinski definition) is 1. The fourth-order valence-corrected chi connectivity index (χ4v) is 3.87. The number of benzene rings is 1. The second kappa shape index (κ2) is 5.73. The molecule has 0 saturated heterocycles. The van der Waals surface area contributed by atoms with E-state index in [0.717, 1.165) is 26.9 Å². The van der Waals surface area contributed by atoms with E-state index in [1.807, 2.05) is 57.4 Å². The van der Waals surface area contributed by atoms with Crippen LogP contribution in [-0.4, -0.2) is 49.4 Å². The molecule has 1 unspecified atom stereocenters. The molecule has 2 aliphatic rings. The van der Waals surface area contributed by atoms with Crippen molar-refractivity contribution in [2.75, 3.05) is 38.4 Å². The zero-order chi connectivity index (χ0) is 16.7. The monoisotopic (exact) mass is 331 g/mol. The standard InChI is InChI=1S/C16H19N4O2S/c1-18(2)10-5-6-11-14(9-10)23-16-12(17-11)7-8-13(19(3)4)15(16)20(21)22/h5-9,15,17H,1-4H3/q+1. The lowest BCUT2D eigenvalue weighted by Crippen LogP contribution is -2.38. The molecule has 0 aromatic heterocycles. The van der Waals surface area contributed by atoms with Crippen LogP contribution in [0.25, 0.3) is 0 Å². The van der Waals surface area contributed by atoms with E-state index < -0.39 is 6.04 Å². The van der Waals surface area contributed by atoms with E-state index in [4.69, 9.17) is 0 Å². The van der Waals surface area contributed by atoms with Crippen LogP contribution in [0.2, 0.25) is 0 Å². The highest BCUT2D eigenvalue weighted by molar-refractivity contribution is 8.03. The van der Waals surface area contributed by atoms with Gasteiger partial charge < -0.3 is 10.2 Å². The Hall–Kier alpha value is -2.28. The second-order valence-corrected chi connectivity index (χ2v) is 7.00.